The van der Waals surface area contributed by atoms with Gasteiger partial charge in [0, 0.05) is 0 Å². The molecule has 0 aliphatic rings. The molecule has 0 aliphatic carbocycles. The van der Waals surface area contributed by atoms with Gasteiger partial charge in [-0.1, -0.05) is 30.3 Å². The van der Waals surface area contributed by atoms with E-state index in [-0.39, 0.29) is 0 Å². The zero-order valence-electron chi connectivity index (χ0n) is 7.89. The number of hydrogen-bond acceptors (Lipinski definition) is 4. The molecule has 0 saturated carbocycles. The Morgan fingerprint density at radius 3 is 2.73 bits per heavy atom. The summed E-state index contributed by atoms with van der Waals surface area (Å²) >= 11 is 3.20. The summed E-state index contributed by atoms with van der Waals surface area (Å²) in [5.41, 5.74) is 3.64. The van der Waals surface area contributed by atoms with Crippen molar-refractivity contribution in [1.29, 1.82) is 0 Å². The summed E-state index contributed by atoms with van der Waals surface area (Å²) in [6.07, 6.45) is 0. The van der Waals surface area contributed by atoms with Crippen LogP contribution in [0.2, 0.25) is 0 Å². The third-order valence-electron chi connectivity index (χ3n) is 1.95. The normalized spacial score (nSPS) is 10.3. The quantitative estimate of drug-likeness (QED) is 0.651. The molecule has 3 N–H and O–H groups in total. The first-order chi connectivity index (χ1) is 7.29. The molecule has 0 atom stereocenters. The van der Waals surface area contributed by atoms with E-state index in [9.17, 15) is 0 Å². The van der Waals surface area contributed by atoms with E-state index in [1.807, 2.05) is 30.3 Å². The summed E-state index contributed by atoms with van der Waals surface area (Å²) in [6.45, 7) is 0.638. The van der Waals surface area contributed by atoms with Gasteiger partial charge in [-0.15, -0.1) is 5.10 Å². The van der Waals surface area contributed by atoms with Crippen LogP contribution < -0.4 is 11.3 Å². The van der Waals surface area contributed by atoms with E-state index in [0.717, 1.165) is 5.56 Å². The van der Waals surface area contributed by atoms with Gasteiger partial charge < -0.3 is 0 Å². The SMILES string of the molecule is NNc1nc(Br)nn1Cc1ccccc1. The third kappa shape index (κ3) is 2.34. The predicted molar refractivity (Wildman–Crippen MR) is 61.1 cm³/mol. The number of nitrogens with two attached hydrogens (primary N) is 1. The van der Waals surface area contributed by atoms with Crippen molar-refractivity contribution >= 4 is 21.9 Å². The number of nitrogen functional groups attached to an aromatic ring is 1. The Hall–Kier alpha value is -1.40. The van der Waals surface area contributed by atoms with Gasteiger partial charge in [-0.25, -0.2) is 10.5 Å². The fourth-order valence-electron chi connectivity index (χ4n) is 1.29. The lowest BCUT2D eigenvalue weighted by Gasteiger charge is -2.04. The molecule has 0 bridgehead atoms. The lowest BCUT2D eigenvalue weighted by molar-refractivity contribution is 0.686. The maximum Gasteiger partial charge on any atom is 0.236 e. The zero-order valence-corrected chi connectivity index (χ0v) is 9.48. The maximum absolute atomic E-state index is 5.32. The molecule has 0 radical (unpaired) electrons. The lowest BCUT2D eigenvalue weighted by Crippen LogP contribution is -2.14. The Labute approximate surface area is 95.4 Å². The van der Waals surface area contributed by atoms with E-state index < -0.39 is 0 Å². The fraction of sp³-hybridized carbons (Fsp3) is 0.111. The molecule has 0 saturated heterocycles. The number of benzene rings is 1. The number of nitrogens with zero attached hydrogens (tertiary/aromatic N) is 3. The van der Waals surface area contributed by atoms with Gasteiger partial charge in [-0.3, -0.25) is 5.43 Å². The van der Waals surface area contributed by atoms with Crippen molar-refractivity contribution < 1.29 is 0 Å². The minimum atomic E-state index is 0.520. The molecule has 15 heavy (non-hydrogen) atoms. The summed E-state index contributed by atoms with van der Waals surface area (Å²) in [6, 6.07) is 9.99. The van der Waals surface area contributed by atoms with E-state index >= 15 is 0 Å². The molecule has 5 nitrogen and oxygen atoms in total. The highest BCUT2D eigenvalue weighted by Gasteiger charge is 2.06. The summed E-state index contributed by atoms with van der Waals surface area (Å²) < 4.78 is 2.21. The topological polar surface area (TPSA) is 68.8 Å². The highest BCUT2D eigenvalue weighted by atomic mass is 79.9. The number of rotatable bonds is 3. The fourth-order valence-corrected chi connectivity index (χ4v) is 1.65. The molecule has 0 fully saturated rings. The van der Waals surface area contributed by atoms with Crippen molar-refractivity contribution in [2.45, 2.75) is 6.54 Å². The smallest absolute Gasteiger partial charge is 0.236 e. The average molecular weight is 268 g/mol. The van der Waals surface area contributed by atoms with Gasteiger partial charge in [0.2, 0.25) is 10.7 Å². The minimum absolute atomic E-state index is 0.520. The van der Waals surface area contributed by atoms with Crippen LogP contribution in [0.15, 0.2) is 35.1 Å². The molecule has 0 aliphatic heterocycles. The molecule has 1 aromatic heterocycles. The third-order valence-corrected chi connectivity index (χ3v) is 2.29. The van der Waals surface area contributed by atoms with Gasteiger partial charge in [0.25, 0.3) is 0 Å². The second-order valence-corrected chi connectivity index (χ2v) is 3.70. The van der Waals surface area contributed by atoms with Crippen molar-refractivity contribution in [1.82, 2.24) is 14.8 Å². The standard InChI is InChI=1S/C9H10BrN5/c10-8-12-9(13-11)15(14-8)6-7-4-2-1-3-5-7/h1-5H,6,11H2,(H,12,13,14). The van der Waals surface area contributed by atoms with E-state index in [1.165, 1.54) is 0 Å². The Morgan fingerprint density at radius 1 is 1.33 bits per heavy atom. The summed E-state index contributed by atoms with van der Waals surface area (Å²) in [5, 5.41) is 4.16. The molecule has 1 aromatic carbocycles. The van der Waals surface area contributed by atoms with Gasteiger partial charge in [0.1, 0.15) is 0 Å². The number of anilines is 1. The van der Waals surface area contributed by atoms with Crippen LogP contribution in [0.3, 0.4) is 0 Å². The van der Waals surface area contributed by atoms with Crippen molar-refractivity contribution in [3.8, 4) is 0 Å². The van der Waals surface area contributed by atoms with Crippen LogP contribution >= 0.6 is 15.9 Å². The molecular formula is C9H10BrN5. The molecule has 0 unspecified atom stereocenters. The van der Waals surface area contributed by atoms with Crippen LogP contribution in [0, 0.1) is 0 Å². The molecule has 2 aromatic rings. The van der Waals surface area contributed by atoms with Gasteiger partial charge >= 0.3 is 0 Å². The molecular weight excluding hydrogens is 258 g/mol. The monoisotopic (exact) mass is 267 g/mol. The van der Waals surface area contributed by atoms with E-state index in [2.05, 4.69) is 31.4 Å². The van der Waals surface area contributed by atoms with Crippen LogP contribution in [-0.2, 0) is 6.54 Å². The molecule has 0 amide bonds. The highest BCUT2D eigenvalue weighted by molar-refractivity contribution is 9.10. The van der Waals surface area contributed by atoms with Crippen molar-refractivity contribution in [2.75, 3.05) is 5.43 Å². The van der Waals surface area contributed by atoms with Crippen LogP contribution in [0.1, 0.15) is 5.56 Å². The van der Waals surface area contributed by atoms with Gasteiger partial charge in [-0.2, -0.15) is 4.98 Å². The summed E-state index contributed by atoms with van der Waals surface area (Å²) in [5.74, 6) is 5.86. The second kappa shape index (κ2) is 4.41. The Bertz CT molecular complexity index is 439. The Morgan fingerprint density at radius 2 is 2.07 bits per heavy atom. The lowest BCUT2D eigenvalue weighted by atomic mass is 10.2. The van der Waals surface area contributed by atoms with Crippen LogP contribution in [0.4, 0.5) is 5.95 Å². The molecule has 6 heteroatoms. The molecule has 1 heterocycles. The Kier molecular flexibility index (Phi) is 2.98. The summed E-state index contributed by atoms with van der Waals surface area (Å²) in [4.78, 5) is 4.06. The number of nitrogens with one attached hydrogen (secondary N) is 1. The van der Waals surface area contributed by atoms with Crippen LogP contribution in [-0.4, -0.2) is 14.8 Å². The first kappa shape index (κ1) is 10.1. The molecule has 0 spiro atoms. The zero-order chi connectivity index (χ0) is 10.7. The van der Waals surface area contributed by atoms with Gasteiger partial charge in [0.05, 0.1) is 6.54 Å². The van der Waals surface area contributed by atoms with E-state index in [0.29, 0.717) is 17.2 Å². The number of hydrogen-bond donors (Lipinski definition) is 2. The van der Waals surface area contributed by atoms with Crippen LogP contribution in [0.25, 0.3) is 0 Å². The average Bonchev–Trinajstić information content (AvgIpc) is 2.60. The van der Waals surface area contributed by atoms with Gasteiger partial charge in [0.15, 0.2) is 0 Å². The predicted octanol–water partition coefficient (Wildman–Crippen LogP) is 1.37. The second-order valence-electron chi connectivity index (χ2n) is 2.99. The first-order valence-electron chi connectivity index (χ1n) is 4.40. The van der Waals surface area contributed by atoms with E-state index in [1.54, 1.807) is 4.68 Å². The molecule has 78 valence electrons. The van der Waals surface area contributed by atoms with Crippen molar-refractivity contribution in [3.05, 3.63) is 40.6 Å². The van der Waals surface area contributed by atoms with Crippen molar-refractivity contribution in [3.63, 3.8) is 0 Å². The first-order valence-corrected chi connectivity index (χ1v) is 5.20. The number of halogens is 1. The minimum Gasteiger partial charge on any atom is -0.293 e. The maximum atomic E-state index is 5.32. The highest BCUT2D eigenvalue weighted by Crippen LogP contribution is 2.11. The van der Waals surface area contributed by atoms with Gasteiger partial charge in [-0.05, 0) is 21.5 Å². The number of hydrazine groups is 1. The van der Waals surface area contributed by atoms with Crippen molar-refractivity contribution in [2.24, 2.45) is 5.84 Å². The Balaban J connectivity index is 2.24. The van der Waals surface area contributed by atoms with Crippen LogP contribution in [0.5, 0.6) is 0 Å². The largest absolute Gasteiger partial charge is 0.293 e. The number of aromatic nitrogens is 3. The van der Waals surface area contributed by atoms with E-state index in [4.69, 9.17) is 5.84 Å². The summed E-state index contributed by atoms with van der Waals surface area (Å²) in [7, 11) is 0. The molecule has 2 rings (SSSR count).